The molecule has 0 spiro atoms. The summed E-state index contributed by atoms with van der Waals surface area (Å²) in [6.45, 7) is 6.51. The zero-order valence-electron chi connectivity index (χ0n) is 7.18. The minimum absolute atomic E-state index is 0. The number of hydrogen-bond donors (Lipinski definition) is 0. The molecule has 1 aromatic heterocycles. The van der Waals surface area contributed by atoms with Crippen LogP contribution in [0.2, 0.25) is 0 Å². The summed E-state index contributed by atoms with van der Waals surface area (Å²) in [5.41, 5.74) is 0. The molecule has 62 valence electrons. The molecule has 0 fully saturated rings. The molecule has 0 unspecified atom stereocenters. The summed E-state index contributed by atoms with van der Waals surface area (Å²) in [6.07, 6.45) is 0. The largest absolute Gasteiger partial charge is 0.358 e. The van der Waals surface area contributed by atoms with E-state index in [9.17, 15) is 0 Å². The summed E-state index contributed by atoms with van der Waals surface area (Å²) in [7, 11) is 1.25. The highest BCUT2D eigenvalue weighted by atomic mass is 31.2. The van der Waals surface area contributed by atoms with Crippen LogP contribution in [0.3, 0.4) is 0 Å². The molecule has 1 heterocycles. The Labute approximate surface area is 72.4 Å². The van der Waals surface area contributed by atoms with E-state index in [2.05, 4.69) is 34.3 Å². The van der Waals surface area contributed by atoms with Gasteiger partial charge in [0.1, 0.15) is 0 Å². The predicted octanol–water partition coefficient (Wildman–Crippen LogP) is 3.50. The SMILES string of the molecule is CC(C)(C)[p+]1npnpn1.[CH3-]. The second-order valence-corrected chi connectivity index (χ2v) is 7.33. The highest BCUT2D eigenvalue weighted by Crippen LogP contribution is 2.39. The Kier molecular flexibility index (Phi) is 4.48. The number of rotatable bonds is 0. The van der Waals surface area contributed by atoms with Gasteiger partial charge in [-0.05, 0) is 34.3 Å². The lowest BCUT2D eigenvalue weighted by atomic mass is 10.3. The van der Waals surface area contributed by atoms with Crippen LogP contribution in [-0.4, -0.2) is 13.5 Å². The first-order valence-corrected chi connectivity index (χ1v) is 5.77. The highest BCUT2D eigenvalue weighted by molar-refractivity contribution is 7.53. The third kappa shape index (κ3) is 3.47. The van der Waals surface area contributed by atoms with E-state index in [1.165, 1.54) is 0 Å². The van der Waals surface area contributed by atoms with Gasteiger partial charge >= 0.3 is 17.0 Å². The first kappa shape index (κ1) is 11.3. The fourth-order valence-corrected chi connectivity index (χ4v) is 4.71. The van der Waals surface area contributed by atoms with Crippen LogP contribution in [0.1, 0.15) is 20.8 Å². The smallest absolute Gasteiger partial charge is 0.346 e. The Morgan fingerprint density at radius 2 is 1.55 bits per heavy atom. The van der Waals surface area contributed by atoms with Crippen molar-refractivity contribution in [1.82, 2.24) is 13.5 Å². The van der Waals surface area contributed by atoms with E-state index in [0.717, 1.165) is 17.0 Å². The Balaban J connectivity index is 0.000001000. The molecule has 11 heavy (non-hydrogen) atoms. The Morgan fingerprint density at radius 3 is 1.82 bits per heavy atom. The van der Waals surface area contributed by atoms with Crippen molar-refractivity contribution in [3.05, 3.63) is 7.43 Å². The van der Waals surface area contributed by atoms with Crippen LogP contribution in [0.15, 0.2) is 0 Å². The van der Waals surface area contributed by atoms with E-state index in [1.807, 2.05) is 0 Å². The molecule has 0 atom stereocenters. The lowest BCUT2D eigenvalue weighted by molar-refractivity contribution is 0.712. The van der Waals surface area contributed by atoms with Crippen molar-refractivity contribution < 1.29 is 0 Å². The summed E-state index contributed by atoms with van der Waals surface area (Å²) in [6, 6.07) is 0. The van der Waals surface area contributed by atoms with E-state index >= 15 is 0 Å². The lowest BCUT2D eigenvalue weighted by Gasteiger charge is -2.07. The molecular formula is C5H12N3P3. The van der Waals surface area contributed by atoms with Gasteiger partial charge in [-0.2, -0.15) is 0 Å². The lowest BCUT2D eigenvalue weighted by Crippen LogP contribution is -2.01. The molecule has 0 aromatic carbocycles. The second kappa shape index (κ2) is 4.36. The Bertz CT molecular complexity index is 208. The maximum absolute atomic E-state index is 4.30. The van der Waals surface area contributed by atoms with Crippen molar-refractivity contribution >= 4 is 24.9 Å². The van der Waals surface area contributed by atoms with Gasteiger partial charge in [-0.1, -0.05) is 0 Å². The van der Waals surface area contributed by atoms with Crippen LogP contribution in [-0.2, 0) is 5.16 Å². The average molecular weight is 207 g/mol. The minimum Gasteiger partial charge on any atom is -0.358 e. The third-order valence-electron chi connectivity index (χ3n) is 0.929. The van der Waals surface area contributed by atoms with Gasteiger partial charge in [0.15, 0.2) is 0 Å². The zero-order chi connectivity index (χ0) is 7.61. The predicted molar refractivity (Wildman–Crippen MR) is 53.4 cm³/mol. The maximum Gasteiger partial charge on any atom is 0.346 e. The second-order valence-electron chi connectivity index (χ2n) is 2.91. The Morgan fingerprint density at radius 1 is 1.09 bits per heavy atom. The molecule has 0 saturated carbocycles. The van der Waals surface area contributed by atoms with Crippen molar-refractivity contribution in [1.29, 1.82) is 0 Å². The van der Waals surface area contributed by atoms with Crippen LogP contribution in [0.4, 0.5) is 0 Å². The molecule has 1 aromatic rings. The van der Waals surface area contributed by atoms with Crippen LogP contribution >= 0.6 is 24.9 Å². The topological polar surface area (TPSA) is 38.7 Å². The van der Waals surface area contributed by atoms with Crippen LogP contribution in [0, 0.1) is 7.43 Å². The van der Waals surface area contributed by atoms with E-state index in [4.69, 9.17) is 0 Å². The number of nitrogens with zero attached hydrogens (tertiary/aromatic N) is 3. The standard InChI is InChI=1S/C4H9N3P3.CH3/c1-4(2,3)10-6-8-5-9-7-10;/h1-3H3;1H3/q+1;-1. The van der Waals surface area contributed by atoms with E-state index < -0.39 is 7.85 Å². The summed E-state index contributed by atoms with van der Waals surface area (Å²) in [5, 5.41) is 0.227. The van der Waals surface area contributed by atoms with Gasteiger partial charge in [-0.3, -0.25) is 0 Å². The summed E-state index contributed by atoms with van der Waals surface area (Å²) in [5.74, 6) is 0. The van der Waals surface area contributed by atoms with Crippen LogP contribution < -0.4 is 0 Å². The van der Waals surface area contributed by atoms with Gasteiger partial charge in [-0.15, -0.1) is 0 Å². The quantitative estimate of drug-likeness (QED) is 0.611. The summed E-state index contributed by atoms with van der Waals surface area (Å²) >= 11 is 0. The molecule has 0 amide bonds. The first-order chi connectivity index (χ1) is 4.61. The first-order valence-electron chi connectivity index (χ1n) is 2.92. The van der Waals surface area contributed by atoms with Crippen molar-refractivity contribution in [2.24, 2.45) is 0 Å². The van der Waals surface area contributed by atoms with Crippen molar-refractivity contribution in [3.8, 4) is 0 Å². The fraction of sp³-hybridized carbons (Fsp3) is 0.800. The number of hydrogen-bond acceptors (Lipinski definition) is 3. The average Bonchev–Trinajstić information content (AvgIpc) is 1.88. The van der Waals surface area contributed by atoms with Gasteiger partial charge in [-0.25, -0.2) is 0 Å². The van der Waals surface area contributed by atoms with Gasteiger partial charge in [0, 0.05) is 0 Å². The summed E-state index contributed by atoms with van der Waals surface area (Å²) in [4.78, 5) is 0. The third-order valence-corrected chi connectivity index (χ3v) is 4.76. The maximum atomic E-state index is 4.30. The van der Waals surface area contributed by atoms with Gasteiger partial charge in [0.05, 0.1) is 5.16 Å². The molecule has 0 radical (unpaired) electrons. The molecular weight excluding hydrogens is 195 g/mol. The van der Waals surface area contributed by atoms with Crippen molar-refractivity contribution in [2.75, 3.05) is 0 Å². The van der Waals surface area contributed by atoms with E-state index in [0.29, 0.717) is 0 Å². The summed E-state index contributed by atoms with van der Waals surface area (Å²) < 4.78 is 12.6. The highest BCUT2D eigenvalue weighted by Gasteiger charge is 2.22. The van der Waals surface area contributed by atoms with Gasteiger partial charge in [0.25, 0.3) is 0 Å². The molecule has 0 aliphatic rings. The molecule has 0 bridgehead atoms. The Hall–Kier alpha value is 0.300. The van der Waals surface area contributed by atoms with Crippen molar-refractivity contribution in [2.45, 2.75) is 25.9 Å². The molecule has 3 nitrogen and oxygen atoms in total. The molecule has 0 aliphatic heterocycles. The van der Waals surface area contributed by atoms with Gasteiger partial charge in [0.2, 0.25) is 7.85 Å². The van der Waals surface area contributed by atoms with Crippen LogP contribution in [0.25, 0.3) is 0 Å². The van der Waals surface area contributed by atoms with Gasteiger partial charge < -0.3 is 7.43 Å². The monoisotopic (exact) mass is 207 g/mol. The van der Waals surface area contributed by atoms with Crippen molar-refractivity contribution in [3.63, 3.8) is 0 Å². The minimum atomic E-state index is -0.481. The fourth-order valence-electron chi connectivity index (χ4n) is 0.416. The molecule has 6 heteroatoms. The normalized spacial score (nSPS) is 13.5. The number of aromatic nitrogens is 3. The van der Waals surface area contributed by atoms with E-state index in [1.54, 1.807) is 0 Å². The molecule has 0 aliphatic carbocycles. The molecule has 0 N–H and O–H groups in total. The molecule has 1 rings (SSSR count). The van der Waals surface area contributed by atoms with E-state index in [-0.39, 0.29) is 12.6 Å². The molecule has 0 saturated heterocycles. The zero-order valence-corrected chi connectivity index (χ0v) is 9.87. The van der Waals surface area contributed by atoms with Crippen LogP contribution in [0.5, 0.6) is 0 Å².